The van der Waals surface area contributed by atoms with Crippen molar-refractivity contribution in [2.75, 3.05) is 13.7 Å². The van der Waals surface area contributed by atoms with Crippen LogP contribution in [-0.4, -0.2) is 29.0 Å². The first-order chi connectivity index (χ1) is 8.06. The number of aromatic nitrogens is 2. The van der Waals surface area contributed by atoms with Crippen LogP contribution in [0.25, 0.3) is 0 Å². The number of nitrogens with zero attached hydrogens (tertiary/aromatic N) is 2. The van der Waals surface area contributed by atoms with Gasteiger partial charge in [0.2, 0.25) is 5.82 Å². The first-order valence-electron chi connectivity index (χ1n) is 5.18. The molecule has 2 heterocycles. The van der Waals surface area contributed by atoms with Crippen LogP contribution >= 0.6 is 0 Å². The first-order valence-corrected chi connectivity index (χ1v) is 5.18. The molecule has 94 valence electrons. The number of rotatable bonds is 2. The van der Waals surface area contributed by atoms with E-state index in [1.807, 2.05) is 0 Å². The highest BCUT2D eigenvalue weighted by molar-refractivity contribution is 4.92. The maximum Gasteiger partial charge on any atom is 0.333 e. The van der Waals surface area contributed by atoms with Gasteiger partial charge in [0.25, 0.3) is 5.56 Å². The second kappa shape index (κ2) is 4.42. The highest BCUT2D eigenvalue weighted by Crippen LogP contribution is 2.24. The van der Waals surface area contributed by atoms with Crippen molar-refractivity contribution < 1.29 is 13.9 Å². The number of halogens is 1. The third kappa shape index (κ3) is 1.91. The normalized spacial score (nSPS) is 24.2. The molecular formula is C10H13FN2O4. The summed E-state index contributed by atoms with van der Waals surface area (Å²) in [5, 5.41) is 0. The van der Waals surface area contributed by atoms with Gasteiger partial charge in [-0.15, -0.1) is 0 Å². The highest BCUT2D eigenvalue weighted by Gasteiger charge is 2.31. The van der Waals surface area contributed by atoms with E-state index in [-0.39, 0.29) is 6.10 Å². The molecule has 2 atom stereocenters. The Balaban J connectivity index is 2.53. The minimum absolute atomic E-state index is 0.315. The summed E-state index contributed by atoms with van der Waals surface area (Å²) in [5.41, 5.74) is -1.57. The van der Waals surface area contributed by atoms with Crippen LogP contribution in [0.5, 0.6) is 0 Å². The predicted octanol–water partition coefficient (Wildman–Crippen LogP) is -0.380. The van der Waals surface area contributed by atoms with Gasteiger partial charge in [-0.2, -0.15) is 4.39 Å². The van der Waals surface area contributed by atoms with Crippen molar-refractivity contribution in [3.05, 3.63) is 32.9 Å². The van der Waals surface area contributed by atoms with Gasteiger partial charge in [0.15, 0.2) is 6.23 Å². The lowest BCUT2D eigenvalue weighted by Crippen LogP contribution is -2.42. The van der Waals surface area contributed by atoms with Gasteiger partial charge in [-0.3, -0.25) is 13.9 Å². The standard InChI is InChI=1S/C10H13FN2O4/c1-12-8(14)6(11)5-13(10(12)15)9-7(16-2)3-4-17-9/h5,7,9H,3-4H2,1-2H3/t7-,9-/m1/s1. The number of hydrogen-bond acceptors (Lipinski definition) is 4. The van der Waals surface area contributed by atoms with Crippen molar-refractivity contribution in [3.63, 3.8) is 0 Å². The SMILES string of the molecule is CO[C@@H]1CCO[C@H]1n1cc(F)c(=O)n(C)c1=O. The summed E-state index contributed by atoms with van der Waals surface area (Å²) in [6, 6.07) is 0. The fourth-order valence-corrected chi connectivity index (χ4v) is 1.88. The Bertz CT molecular complexity index is 536. The Morgan fingerprint density at radius 2 is 2.24 bits per heavy atom. The predicted molar refractivity (Wildman–Crippen MR) is 56.3 cm³/mol. The van der Waals surface area contributed by atoms with Crippen molar-refractivity contribution in [1.29, 1.82) is 0 Å². The fourth-order valence-electron chi connectivity index (χ4n) is 1.88. The Morgan fingerprint density at radius 1 is 1.53 bits per heavy atom. The van der Waals surface area contributed by atoms with Gasteiger partial charge in [0, 0.05) is 20.6 Å². The van der Waals surface area contributed by atoms with Gasteiger partial charge in [0.05, 0.1) is 12.8 Å². The third-order valence-corrected chi connectivity index (χ3v) is 2.86. The molecule has 0 N–H and O–H groups in total. The van der Waals surface area contributed by atoms with Gasteiger partial charge >= 0.3 is 5.69 Å². The summed E-state index contributed by atoms with van der Waals surface area (Å²) >= 11 is 0. The summed E-state index contributed by atoms with van der Waals surface area (Å²) in [6.45, 7) is 0.431. The molecule has 1 aliphatic rings. The lowest BCUT2D eigenvalue weighted by atomic mass is 10.2. The minimum atomic E-state index is -0.988. The smallest absolute Gasteiger partial charge is 0.333 e. The van der Waals surface area contributed by atoms with Gasteiger partial charge in [-0.1, -0.05) is 0 Å². The summed E-state index contributed by atoms with van der Waals surface area (Å²) < 4.78 is 25.6. The van der Waals surface area contributed by atoms with Gasteiger partial charge in [-0.25, -0.2) is 4.79 Å². The minimum Gasteiger partial charge on any atom is -0.377 e. The van der Waals surface area contributed by atoms with Crippen LogP contribution in [0.1, 0.15) is 12.6 Å². The molecule has 6 nitrogen and oxygen atoms in total. The van der Waals surface area contributed by atoms with E-state index < -0.39 is 23.3 Å². The number of ether oxygens (including phenoxy) is 2. The average Bonchev–Trinajstić information content (AvgIpc) is 2.79. The van der Waals surface area contributed by atoms with Gasteiger partial charge < -0.3 is 9.47 Å². The maximum absolute atomic E-state index is 13.3. The molecule has 1 aromatic rings. The van der Waals surface area contributed by atoms with E-state index in [0.29, 0.717) is 17.6 Å². The van der Waals surface area contributed by atoms with Crippen molar-refractivity contribution in [1.82, 2.24) is 9.13 Å². The first kappa shape index (κ1) is 12.0. The second-order valence-electron chi connectivity index (χ2n) is 3.86. The fraction of sp³-hybridized carbons (Fsp3) is 0.600. The van der Waals surface area contributed by atoms with E-state index >= 15 is 0 Å². The Morgan fingerprint density at radius 3 is 2.88 bits per heavy atom. The van der Waals surface area contributed by atoms with E-state index in [4.69, 9.17) is 9.47 Å². The Kier molecular flexibility index (Phi) is 3.12. The van der Waals surface area contributed by atoms with E-state index in [9.17, 15) is 14.0 Å². The second-order valence-corrected chi connectivity index (χ2v) is 3.86. The lowest BCUT2D eigenvalue weighted by Gasteiger charge is -2.19. The Labute approximate surface area is 96.2 Å². The zero-order valence-electron chi connectivity index (χ0n) is 9.55. The molecule has 1 aliphatic heterocycles. The zero-order chi connectivity index (χ0) is 12.6. The largest absolute Gasteiger partial charge is 0.377 e. The molecule has 0 unspecified atom stereocenters. The molecule has 2 rings (SSSR count). The van der Waals surface area contributed by atoms with Gasteiger partial charge in [0.1, 0.15) is 6.10 Å². The van der Waals surface area contributed by atoms with Crippen LogP contribution in [0.3, 0.4) is 0 Å². The Hall–Kier alpha value is -1.47. The van der Waals surface area contributed by atoms with Crippen LogP contribution in [0.2, 0.25) is 0 Å². The number of methoxy groups -OCH3 is 1. The molecule has 17 heavy (non-hydrogen) atoms. The molecule has 0 saturated carbocycles. The zero-order valence-corrected chi connectivity index (χ0v) is 9.55. The third-order valence-electron chi connectivity index (χ3n) is 2.86. The van der Waals surface area contributed by atoms with Crippen molar-refractivity contribution in [2.24, 2.45) is 7.05 Å². The molecule has 0 aliphatic carbocycles. The van der Waals surface area contributed by atoms with Crippen molar-refractivity contribution in [3.8, 4) is 0 Å². The van der Waals surface area contributed by atoms with E-state index in [1.54, 1.807) is 0 Å². The molecule has 1 aromatic heterocycles. The van der Waals surface area contributed by atoms with Crippen LogP contribution in [0, 0.1) is 5.82 Å². The molecule has 0 amide bonds. The lowest BCUT2D eigenvalue weighted by molar-refractivity contribution is -0.0322. The average molecular weight is 244 g/mol. The topological polar surface area (TPSA) is 62.5 Å². The highest BCUT2D eigenvalue weighted by atomic mass is 19.1. The van der Waals surface area contributed by atoms with Crippen LogP contribution in [0.15, 0.2) is 15.8 Å². The van der Waals surface area contributed by atoms with E-state index in [1.165, 1.54) is 14.2 Å². The maximum atomic E-state index is 13.3. The van der Waals surface area contributed by atoms with E-state index in [0.717, 1.165) is 10.8 Å². The molecule has 0 aromatic carbocycles. The molecule has 0 radical (unpaired) electrons. The molecule has 1 fully saturated rings. The molecule has 0 spiro atoms. The summed E-state index contributed by atoms with van der Waals surface area (Å²) in [6.07, 6.45) is 0.489. The van der Waals surface area contributed by atoms with Crippen LogP contribution in [0.4, 0.5) is 4.39 Å². The molecule has 0 bridgehead atoms. The number of hydrogen-bond donors (Lipinski definition) is 0. The van der Waals surface area contributed by atoms with Crippen molar-refractivity contribution >= 4 is 0 Å². The quantitative estimate of drug-likeness (QED) is 0.711. The summed E-state index contributed by atoms with van der Waals surface area (Å²) in [5.74, 6) is -0.988. The molecule has 7 heteroatoms. The summed E-state index contributed by atoms with van der Waals surface area (Å²) in [4.78, 5) is 23.0. The summed E-state index contributed by atoms with van der Waals surface area (Å²) in [7, 11) is 2.72. The van der Waals surface area contributed by atoms with Crippen molar-refractivity contribution in [2.45, 2.75) is 18.8 Å². The van der Waals surface area contributed by atoms with Crippen LogP contribution in [-0.2, 0) is 16.5 Å². The molecule has 1 saturated heterocycles. The van der Waals surface area contributed by atoms with Gasteiger partial charge in [-0.05, 0) is 0 Å². The van der Waals surface area contributed by atoms with E-state index in [2.05, 4.69) is 0 Å². The monoisotopic (exact) mass is 244 g/mol. The van der Waals surface area contributed by atoms with Crippen LogP contribution < -0.4 is 11.2 Å². The molecular weight excluding hydrogens is 231 g/mol.